The van der Waals surface area contributed by atoms with E-state index in [0.29, 0.717) is 0 Å². The van der Waals surface area contributed by atoms with Gasteiger partial charge >= 0.3 is 5.97 Å². The number of aliphatic carboxylic acids is 1. The Kier molecular flexibility index (Phi) is 3.86. The summed E-state index contributed by atoms with van der Waals surface area (Å²) < 4.78 is 4.93. The van der Waals surface area contributed by atoms with Crippen LogP contribution in [0.5, 0.6) is 0 Å². The van der Waals surface area contributed by atoms with Gasteiger partial charge in [0.25, 0.3) is 0 Å². The lowest BCUT2D eigenvalue weighted by Gasteiger charge is -2.14. The molecule has 0 heterocycles. The molecule has 82 valence electrons. The van der Waals surface area contributed by atoms with Gasteiger partial charge in [-0.25, -0.2) is 0 Å². The van der Waals surface area contributed by atoms with Crippen LogP contribution in [0.2, 0.25) is 0 Å². The highest BCUT2D eigenvalue weighted by Gasteiger charge is 2.21. The second kappa shape index (κ2) is 4.94. The molecule has 0 fully saturated rings. The summed E-state index contributed by atoms with van der Waals surface area (Å²) in [5.74, 6) is -1.42. The van der Waals surface area contributed by atoms with Gasteiger partial charge in [-0.05, 0) is 25.0 Å². The van der Waals surface area contributed by atoms with Crippen molar-refractivity contribution in [2.24, 2.45) is 0 Å². The molecule has 3 nitrogen and oxygen atoms in total. The summed E-state index contributed by atoms with van der Waals surface area (Å²) in [5, 5.41) is 9.09. The molecule has 0 radical (unpaired) electrons. The van der Waals surface area contributed by atoms with E-state index in [1.54, 1.807) is 0 Å². The Morgan fingerprint density at radius 3 is 2.67 bits per heavy atom. The van der Waals surface area contributed by atoms with Crippen LogP contribution < -0.4 is 0 Å². The summed E-state index contributed by atoms with van der Waals surface area (Å²) in [6.07, 6.45) is 0. The lowest BCUT2D eigenvalue weighted by molar-refractivity contribution is -0.140. The van der Waals surface area contributed by atoms with Crippen molar-refractivity contribution in [2.45, 2.75) is 19.8 Å². The molecule has 1 aromatic carbocycles. The number of carboxylic acids is 1. The van der Waals surface area contributed by atoms with E-state index in [4.69, 9.17) is 9.84 Å². The van der Waals surface area contributed by atoms with E-state index in [0.717, 1.165) is 16.7 Å². The zero-order chi connectivity index (χ0) is 11.4. The molecule has 1 N–H and O–H groups in total. The molecule has 0 aliphatic carbocycles. The van der Waals surface area contributed by atoms with Gasteiger partial charge in [0, 0.05) is 7.11 Å². The predicted molar refractivity (Wildman–Crippen MR) is 58.2 cm³/mol. The lowest BCUT2D eigenvalue weighted by atomic mass is 9.94. The van der Waals surface area contributed by atoms with Crippen molar-refractivity contribution in [1.82, 2.24) is 0 Å². The third kappa shape index (κ3) is 2.80. The molecule has 0 aliphatic rings. The summed E-state index contributed by atoms with van der Waals surface area (Å²) in [5.41, 5.74) is 2.90. The standard InChI is InChI=1S/C12H16O3/c1-8-4-5-9(2)10(6-8)11(7-15-3)12(13)14/h4-6,11H,7H2,1-3H3,(H,13,14). The van der Waals surface area contributed by atoms with E-state index in [1.807, 2.05) is 32.0 Å². The minimum Gasteiger partial charge on any atom is -0.481 e. The Morgan fingerprint density at radius 1 is 1.47 bits per heavy atom. The highest BCUT2D eigenvalue weighted by Crippen LogP contribution is 2.21. The molecule has 1 rings (SSSR count). The maximum atomic E-state index is 11.1. The Morgan fingerprint density at radius 2 is 2.13 bits per heavy atom. The van der Waals surface area contributed by atoms with Crippen molar-refractivity contribution in [3.63, 3.8) is 0 Å². The van der Waals surface area contributed by atoms with E-state index in [-0.39, 0.29) is 6.61 Å². The molecule has 0 aliphatic heterocycles. The number of hydrogen-bond donors (Lipinski definition) is 1. The van der Waals surface area contributed by atoms with Gasteiger partial charge in [-0.2, -0.15) is 0 Å². The minimum absolute atomic E-state index is 0.208. The van der Waals surface area contributed by atoms with Crippen molar-refractivity contribution in [3.05, 3.63) is 34.9 Å². The topological polar surface area (TPSA) is 46.5 Å². The van der Waals surface area contributed by atoms with Crippen molar-refractivity contribution >= 4 is 5.97 Å². The van der Waals surface area contributed by atoms with Crippen LogP contribution in [0.15, 0.2) is 18.2 Å². The van der Waals surface area contributed by atoms with Crippen LogP contribution in [0, 0.1) is 13.8 Å². The molecule has 1 atom stereocenters. The number of rotatable bonds is 4. The summed E-state index contributed by atoms with van der Waals surface area (Å²) in [6, 6.07) is 5.83. The maximum absolute atomic E-state index is 11.1. The molecule has 15 heavy (non-hydrogen) atoms. The fourth-order valence-electron chi connectivity index (χ4n) is 1.60. The normalized spacial score (nSPS) is 12.5. The van der Waals surface area contributed by atoms with Crippen molar-refractivity contribution in [2.75, 3.05) is 13.7 Å². The summed E-state index contributed by atoms with van der Waals surface area (Å²) >= 11 is 0. The fraction of sp³-hybridized carbons (Fsp3) is 0.417. The first-order valence-electron chi connectivity index (χ1n) is 4.85. The third-order valence-corrected chi connectivity index (χ3v) is 2.44. The van der Waals surface area contributed by atoms with Gasteiger partial charge in [0.2, 0.25) is 0 Å². The van der Waals surface area contributed by atoms with E-state index in [9.17, 15) is 4.79 Å². The molecule has 0 aromatic heterocycles. The Hall–Kier alpha value is -1.35. The van der Waals surface area contributed by atoms with Gasteiger partial charge in [0.1, 0.15) is 5.92 Å². The molecule has 1 aromatic rings. The summed E-state index contributed by atoms with van der Waals surface area (Å²) in [4.78, 5) is 11.1. The van der Waals surface area contributed by atoms with Crippen LogP contribution in [-0.2, 0) is 9.53 Å². The molecule has 0 saturated carbocycles. The number of hydrogen-bond acceptors (Lipinski definition) is 2. The van der Waals surface area contributed by atoms with Crippen LogP contribution in [0.25, 0.3) is 0 Å². The number of ether oxygens (including phenoxy) is 1. The first-order valence-corrected chi connectivity index (χ1v) is 4.85. The highest BCUT2D eigenvalue weighted by molar-refractivity contribution is 5.76. The van der Waals surface area contributed by atoms with Crippen LogP contribution in [0.4, 0.5) is 0 Å². The van der Waals surface area contributed by atoms with Crippen molar-refractivity contribution in [1.29, 1.82) is 0 Å². The van der Waals surface area contributed by atoms with Crippen LogP contribution >= 0.6 is 0 Å². The quantitative estimate of drug-likeness (QED) is 0.824. The summed E-state index contributed by atoms with van der Waals surface area (Å²) in [7, 11) is 1.51. The average molecular weight is 208 g/mol. The SMILES string of the molecule is COCC(C(=O)O)c1cc(C)ccc1C. The molecular weight excluding hydrogens is 192 g/mol. The molecule has 0 spiro atoms. The first-order chi connectivity index (χ1) is 7.06. The third-order valence-electron chi connectivity index (χ3n) is 2.44. The molecule has 3 heteroatoms. The Bertz CT molecular complexity index is 358. The summed E-state index contributed by atoms with van der Waals surface area (Å²) in [6.45, 7) is 4.08. The van der Waals surface area contributed by atoms with E-state index >= 15 is 0 Å². The Labute approximate surface area is 89.7 Å². The van der Waals surface area contributed by atoms with Gasteiger partial charge in [0.05, 0.1) is 6.61 Å². The van der Waals surface area contributed by atoms with E-state index < -0.39 is 11.9 Å². The van der Waals surface area contributed by atoms with Gasteiger partial charge in [-0.3, -0.25) is 4.79 Å². The predicted octanol–water partition coefficient (Wildman–Crippen LogP) is 2.12. The average Bonchev–Trinajstić information content (AvgIpc) is 2.18. The molecule has 0 amide bonds. The van der Waals surface area contributed by atoms with Crippen LogP contribution in [0.3, 0.4) is 0 Å². The zero-order valence-corrected chi connectivity index (χ0v) is 9.28. The minimum atomic E-state index is -0.842. The fourth-order valence-corrected chi connectivity index (χ4v) is 1.60. The molecule has 1 unspecified atom stereocenters. The van der Waals surface area contributed by atoms with Gasteiger partial charge in [-0.15, -0.1) is 0 Å². The van der Waals surface area contributed by atoms with Crippen LogP contribution in [0.1, 0.15) is 22.6 Å². The number of methoxy groups -OCH3 is 1. The van der Waals surface area contributed by atoms with E-state index in [2.05, 4.69) is 0 Å². The smallest absolute Gasteiger partial charge is 0.313 e. The van der Waals surface area contributed by atoms with Gasteiger partial charge < -0.3 is 9.84 Å². The van der Waals surface area contributed by atoms with Crippen molar-refractivity contribution < 1.29 is 14.6 Å². The second-order valence-corrected chi connectivity index (χ2v) is 3.71. The zero-order valence-electron chi connectivity index (χ0n) is 9.28. The number of carboxylic acid groups (broad SMARTS) is 1. The van der Waals surface area contributed by atoms with E-state index in [1.165, 1.54) is 7.11 Å². The number of aryl methyl sites for hydroxylation is 2. The number of carbonyl (C=O) groups is 1. The molecular formula is C12H16O3. The monoisotopic (exact) mass is 208 g/mol. The number of benzene rings is 1. The molecule has 0 bridgehead atoms. The van der Waals surface area contributed by atoms with Crippen LogP contribution in [-0.4, -0.2) is 24.8 Å². The second-order valence-electron chi connectivity index (χ2n) is 3.71. The first kappa shape index (κ1) is 11.7. The Balaban J connectivity index is 3.09. The lowest BCUT2D eigenvalue weighted by Crippen LogP contribution is -2.18. The largest absolute Gasteiger partial charge is 0.481 e. The maximum Gasteiger partial charge on any atom is 0.313 e. The van der Waals surface area contributed by atoms with Gasteiger partial charge in [0.15, 0.2) is 0 Å². The van der Waals surface area contributed by atoms with Crippen molar-refractivity contribution in [3.8, 4) is 0 Å². The highest BCUT2D eigenvalue weighted by atomic mass is 16.5. The molecule has 0 saturated heterocycles. The van der Waals surface area contributed by atoms with Gasteiger partial charge in [-0.1, -0.05) is 23.8 Å².